The molecule has 226 valence electrons. The first-order chi connectivity index (χ1) is 19.9. The molecule has 7 nitrogen and oxygen atoms in total. The van der Waals surface area contributed by atoms with Crippen LogP contribution in [-0.4, -0.2) is 50.0 Å². The van der Waals surface area contributed by atoms with Gasteiger partial charge < -0.3 is 10.2 Å². The van der Waals surface area contributed by atoms with Gasteiger partial charge in [-0.25, -0.2) is 12.8 Å². The summed E-state index contributed by atoms with van der Waals surface area (Å²) in [7, 11) is -3.66. The number of hydrogen-bond acceptors (Lipinski definition) is 4. The highest BCUT2D eigenvalue weighted by molar-refractivity contribution is 7.92. The van der Waals surface area contributed by atoms with E-state index in [-0.39, 0.29) is 50.2 Å². The zero-order chi connectivity index (χ0) is 30.9. The molecular formula is C32H39ClFN3O4S. The lowest BCUT2D eigenvalue weighted by molar-refractivity contribution is -0.141. The normalized spacial score (nSPS) is 12.8. The van der Waals surface area contributed by atoms with Crippen LogP contribution in [0.5, 0.6) is 0 Å². The Kier molecular flexibility index (Phi) is 11.9. The summed E-state index contributed by atoms with van der Waals surface area (Å²) in [6.07, 6.45) is 2.33. The average molecular weight is 616 g/mol. The van der Waals surface area contributed by atoms with E-state index in [0.717, 1.165) is 23.8 Å². The van der Waals surface area contributed by atoms with Crippen LogP contribution in [0.1, 0.15) is 49.8 Å². The molecule has 0 saturated heterocycles. The Morgan fingerprint density at radius 2 is 1.67 bits per heavy atom. The van der Waals surface area contributed by atoms with Crippen molar-refractivity contribution >= 4 is 39.1 Å². The molecular weight excluding hydrogens is 577 g/mol. The molecule has 0 aliphatic rings. The zero-order valence-corrected chi connectivity index (χ0v) is 26.1. The molecule has 3 rings (SSSR count). The highest BCUT2D eigenvalue weighted by Gasteiger charge is 2.31. The van der Waals surface area contributed by atoms with Crippen molar-refractivity contribution in [1.82, 2.24) is 10.2 Å². The predicted octanol–water partition coefficient (Wildman–Crippen LogP) is 5.89. The van der Waals surface area contributed by atoms with E-state index in [9.17, 15) is 22.4 Å². The molecule has 0 fully saturated rings. The van der Waals surface area contributed by atoms with Crippen molar-refractivity contribution in [3.63, 3.8) is 0 Å². The lowest BCUT2D eigenvalue weighted by atomic mass is 10.0. The number of halogens is 2. The molecule has 1 N–H and O–H groups in total. The van der Waals surface area contributed by atoms with Crippen LogP contribution in [0.15, 0.2) is 72.8 Å². The number of anilines is 1. The Morgan fingerprint density at radius 1 is 1.00 bits per heavy atom. The standard InChI is InChI=1S/C32H39ClFN3O4S/c1-5-24(3)35-32(39)30(20-25-10-7-6-8-11-25)36(22-26-14-17-28(34)18-15-26)31(38)12-9-19-37(42(4,40)41)29-21-27(33)16-13-23(29)2/h6-8,10-11,13-18,21,24,30H,5,9,12,19-20,22H2,1-4H3,(H,35,39)/t24-,30-/m1/s1. The Morgan fingerprint density at radius 3 is 2.29 bits per heavy atom. The first-order valence-corrected chi connectivity index (χ1v) is 16.2. The molecule has 0 spiro atoms. The fourth-order valence-electron chi connectivity index (χ4n) is 4.62. The smallest absolute Gasteiger partial charge is 0.243 e. The third kappa shape index (κ3) is 9.56. The first-order valence-electron chi connectivity index (χ1n) is 14.0. The molecule has 10 heteroatoms. The summed E-state index contributed by atoms with van der Waals surface area (Å²) in [6.45, 7) is 5.81. The van der Waals surface area contributed by atoms with Crippen LogP contribution in [0.25, 0.3) is 0 Å². The number of sulfonamides is 1. The highest BCUT2D eigenvalue weighted by Crippen LogP contribution is 2.27. The lowest BCUT2D eigenvalue weighted by Crippen LogP contribution is -2.52. The second kappa shape index (κ2) is 15.2. The van der Waals surface area contributed by atoms with Gasteiger partial charge in [0.2, 0.25) is 21.8 Å². The summed E-state index contributed by atoms with van der Waals surface area (Å²) in [5, 5.41) is 3.42. The molecule has 3 aromatic carbocycles. The summed E-state index contributed by atoms with van der Waals surface area (Å²) in [5.74, 6) is -0.990. The van der Waals surface area contributed by atoms with E-state index in [1.54, 1.807) is 37.3 Å². The lowest BCUT2D eigenvalue weighted by Gasteiger charge is -2.33. The maximum Gasteiger partial charge on any atom is 0.243 e. The summed E-state index contributed by atoms with van der Waals surface area (Å²) < 4.78 is 40.3. The molecule has 0 aliphatic heterocycles. The highest BCUT2D eigenvalue weighted by atomic mass is 35.5. The van der Waals surface area contributed by atoms with Crippen LogP contribution in [0.4, 0.5) is 10.1 Å². The third-order valence-electron chi connectivity index (χ3n) is 7.13. The Bertz CT molecular complexity index is 1450. The molecule has 2 amide bonds. The SMILES string of the molecule is CC[C@@H](C)NC(=O)[C@@H](Cc1ccccc1)N(Cc1ccc(F)cc1)C(=O)CCCN(c1cc(Cl)ccc1C)S(C)(=O)=O. The van der Waals surface area contributed by atoms with Gasteiger partial charge in [-0.2, -0.15) is 0 Å². The molecule has 0 saturated carbocycles. The van der Waals surface area contributed by atoms with E-state index < -0.39 is 21.9 Å². The maximum absolute atomic E-state index is 13.9. The summed E-state index contributed by atoms with van der Waals surface area (Å²) in [6, 6.07) is 19.4. The van der Waals surface area contributed by atoms with Crippen molar-refractivity contribution in [3.05, 3.63) is 100 Å². The Balaban J connectivity index is 1.90. The average Bonchev–Trinajstić information content (AvgIpc) is 2.95. The molecule has 0 aliphatic carbocycles. The number of nitrogens with one attached hydrogen (secondary N) is 1. The largest absolute Gasteiger partial charge is 0.352 e. The van der Waals surface area contributed by atoms with E-state index >= 15 is 0 Å². The van der Waals surface area contributed by atoms with Crippen LogP contribution in [0.2, 0.25) is 5.02 Å². The number of rotatable bonds is 14. The predicted molar refractivity (Wildman–Crippen MR) is 166 cm³/mol. The number of carbonyl (C=O) groups excluding carboxylic acids is 2. The van der Waals surface area contributed by atoms with Gasteiger partial charge >= 0.3 is 0 Å². The van der Waals surface area contributed by atoms with Gasteiger partial charge in [0.15, 0.2) is 0 Å². The van der Waals surface area contributed by atoms with Crippen LogP contribution in [-0.2, 0) is 32.6 Å². The van der Waals surface area contributed by atoms with Gasteiger partial charge in [0.25, 0.3) is 0 Å². The molecule has 0 radical (unpaired) electrons. The number of nitrogens with zero attached hydrogens (tertiary/aromatic N) is 2. The molecule has 0 aromatic heterocycles. The van der Waals surface area contributed by atoms with Gasteiger partial charge in [-0.3, -0.25) is 13.9 Å². The van der Waals surface area contributed by atoms with Crippen molar-refractivity contribution in [2.45, 2.75) is 65.1 Å². The molecule has 42 heavy (non-hydrogen) atoms. The maximum atomic E-state index is 13.9. The summed E-state index contributed by atoms with van der Waals surface area (Å²) >= 11 is 6.16. The molecule has 0 unspecified atom stereocenters. The zero-order valence-electron chi connectivity index (χ0n) is 24.5. The van der Waals surface area contributed by atoms with Gasteiger partial charge in [-0.05, 0) is 67.6 Å². The van der Waals surface area contributed by atoms with Gasteiger partial charge in [-0.15, -0.1) is 0 Å². The minimum Gasteiger partial charge on any atom is -0.352 e. The van der Waals surface area contributed by atoms with Crippen LogP contribution >= 0.6 is 11.6 Å². The molecule has 0 bridgehead atoms. The monoisotopic (exact) mass is 615 g/mol. The van der Waals surface area contributed by atoms with E-state index in [2.05, 4.69) is 5.32 Å². The van der Waals surface area contributed by atoms with Crippen molar-refractivity contribution in [2.75, 3.05) is 17.1 Å². The fourth-order valence-corrected chi connectivity index (χ4v) is 5.80. The first kappa shape index (κ1) is 33.1. The van der Waals surface area contributed by atoms with Crippen LogP contribution in [0, 0.1) is 12.7 Å². The van der Waals surface area contributed by atoms with Gasteiger partial charge in [-0.1, -0.05) is 67.1 Å². The minimum absolute atomic E-state index is 0.00523. The fraction of sp³-hybridized carbons (Fsp3) is 0.375. The van der Waals surface area contributed by atoms with Gasteiger partial charge in [0.05, 0.1) is 11.9 Å². The molecule has 2 atom stereocenters. The minimum atomic E-state index is -3.66. The summed E-state index contributed by atoms with van der Waals surface area (Å²) in [4.78, 5) is 29.0. The van der Waals surface area contributed by atoms with Gasteiger partial charge in [0, 0.05) is 37.0 Å². The Labute approximate surface area is 253 Å². The number of aryl methyl sites for hydroxylation is 1. The quantitative estimate of drug-likeness (QED) is 0.245. The third-order valence-corrected chi connectivity index (χ3v) is 8.55. The number of amides is 2. The van der Waals surface area contributed by atoms with E-state index in [0.29, 0.717) is 16.3 Å². The number of benzene rings is 3. The van der Waals surface area contributed by atoms with E-state index in [4.69, 9.17) is 11.6 Å². The second-order valence-corrected chi connectivity index (χ2v) is 12.9. The molecule has 3 aromatic rings. The topological polar surface area (TPSA) is 86.8 Å². The van der Waals surface area contributed by atoms with Crippen molar-refractivity contribution in [2.24, 2.45) is 0 Å². The van der Waals surface area contributed by atoms with Crippen molar-refractivity contribution < 1.29 is 22.4 Å². The molecule has 0 heterocycles. The Hall–Kier alpha value is -3.43. The second-order valence-electron chi connectivity index (χ2n) is 10.5. The van der Waals surface area contributed by atoms with E-state index in [1.165, 1.54) is 21.3 Å². The van der Waals surface area contributed by atoms with Crippen molar-refractivity contribution in [1.29, 1.82) is 0 Å². The van der Waals surface area contributed by atoms with Crippen molar-refractivity contribution in [3.8, 4) is 0 Å². The van der Waals surface area contributed by atoms with E-state index in [1.807, 2.05) is 44.2 Å². The summed E-state index contributed by atoms with van der Waals surface area (Å²) in [5.41, 5.74) is 2.75. The van der Waals surface area contributed by atoms with Crippen LogP contribution in [0.3, 0.4) is 0 Å². The van der Waals surface area contributed by atoms with Crippen LogP contribution < -0.4 is 9.62 Å². The number of hydrogen-bond donors (Lipinski definition) is 1. The number of carbonyl (C=O) groups is 2. The van der Waals surface area contributed by atoms with Gasteiger partial charge in [0.1, 0.15) is 11.9 Å².